The van der Waals surface area contributed by atoms with Gasteiger partial charge in [0.2, 0.25) is 5.95 Å². The van der Waals surface area contributed by atoms with E-state index in [4.69, 9.17) is 5.84 Å². The molecule has 1 rings (SSSR count). The molecule has 0 amide bonds. The van der Waals surface area contributed by atoms with E-state index in [0.29, 0.717) is 6.07 Å². The largest absolute Gasteiger partial charge is 0.468 e. The Bertz CT molecular complexity index is 437. The lowest BCUT2D eigenvalue weighted by atomic mass is 10.3. The Morgan fingerprint density at radius 2 is 2.17 bits per heavy atom. The number of anilines is 2. The standard InChI is InChI=1S/C8H10F3N5O2/c1-18-6(17)3-13-5-2-4(8(9,10)11)14-7(15-5)16-12/h2H,3,12H2,1H3,(H2,13,14,15,16). The summed E-state index contributed by atoms with van der Waals surface area (Å²) >= 11 is 0. The number of nitrogens with zero attached hydrogens (tertiary/aromatic N) is 2. The molecule has 10 heteroatoms. The SMILES string of the molecule is COC(=O)CNc1cc(C(F)(F)F)nc(NN)n1. The van der Waals surface area contributed by atoms with Gasteiger partial charge in [0.25, 0.3) is 0 Å². The van der Waals surface area contributed by atoms with Crippen molar-refractivity contribution in [3.63, 3.8) is 0 Å². The van der Waals surface area contributed by atoms with E-state index in [1.54, 1.807) is 0 Å². The number of nitrogen functional groups attached to an aromatic ring is 1. The average Bonchev–Trinajstić information content (AvgIpc) is 2.34. The summed E-state index contributed by atoms with van der Waals surface area (Å²) in [6, 6.07) is 0.657. The summed E-state index contributed by atoms with van der Waals surface area (Å²) in [6.45, 7) is -0.325. The molecule has 0 saturated carbocycles. The van der Waals surface area contributed by atoms with Gasteiger partial charge in [0.15, 0.2) is 5.69 Å². The maximum atomic E-state index is 12.5. The Labute approximate surface area is 99.5 Å². The number of hydrogen-bond donors (Lipinski definition) is 3. The Kier molecular flexibility index (Phi) is 4.26. The van der Waals surface area contributed by atoms with E-state index >= 15 is 0 Å². The average molecular weight is 265 g/mol. The molecule has 0 unspecified atom stereocenters. The number of carbonyl (C=O) groups excluding carboxylic acids is 1. The van der Waals surface area contributed by atoms with Crippen LogP contribution >= 0.6 is 0 Å². The number of hydrogen-bond acceptors (Lipinski definition) is 7. The number of hydrazine groups is 1. The molecule has 0 spiro atoms. The van der Waals surface area contributed by atoms with Crippen molar-refractivity contribution in [3.05, 3.63) is 11.8 Å². The molecule has 7 nitrogen and oxygen atoms in total. The number of esters is 1. The number of rotatable bonds is 4. The van der Waals surface area contributed by atoms with Gasteiger partial charge in [0.1, 0.15) is 12.4 Å². The molecule has 0 aliphatic carbocycles. The highest BCUT2D eigenvalue weighted by Gasteiger charge is 2.33. The van der Waals surface area contributed by atoms with Gasteiger partial charge in [-0.05, 0) is 0 Å². The first-order chi connectivity index (χ1) is 8.36. The summed E-state index contributed by atoms with van der Waals surface area (Å²) in [5.41, 5.74) is 0.720. The second-order valence-corrected chi connectivity index (χ2v) is 3.03. The van der Waals surface area contributed by atoms with Crippen molar-refractivity contribution in [1.82, 2.24) is 9.97 Å². The summed E-state index contributed by atoms with van der Waals surface area (Å²) in [5.74, 6) is 3.68. The van der Waals surface area contributed by atoms with Gasteiger partial charge in [-0.3, -0.25) is 10.2 Å². The van der Waals surface area contributed by atoms with Gasteiger partial charge < -0.3 is 10.1 Å². The van der Waals surface area contributed by atoms with E-state index in [2.05, 4.69) is 20.0 Å². The molecular formula is C8H10F3N5O2. The van der Waals surface area contributed by atoms with Crippen molar-refractivity contribution in [2.45, 2.75) is 6.18 Å². The van der Waals surface area contributed by atoms with E-state index in [-0.39, 0.29) is 12.4 Å². The third-order valence-electron chi connectivity index (χ3n) is 1.79. The third kappa shape index (κ3) is 3.73. The van der Waals surface area contributed by atoms with Crippen molar-refractivity contribution < 1.29 is 22.7 Å². The number of methoxy groups -OCH3 is 1. The molecule has 0 saturated heterocycles. The first-order valence-corrected chi connectivity index (χ1v) is 4.60. The fourth-order valence-electron chi connectivity index (χ4n) is 0.982. The Hall–Kier alpha value is -2.10. The first kappa shape index (κ1) is 14.0. The molecular weight excluding hydrogens is 255 g/mol. The van der Waals surface area contributed by atoms with E-state index < -0.39 is 23.8 Å². The highest BCUT2D eigenvalue weighted by atomic mass is 19.4. The van der Waals surface area contributed by atoms with Gasteiger partial charge in [-0.2, -0.15) is 18.2 Å². The number of ether oxygens (including phenoxy) is 1. The lowest BCUT2D eigenvalue weighted by Crippen LogP contribution is -2.19. The molecule has 18 heavy (non-hydrogen) atoms. The van der Waals surface area contributed by atoms with Gasteiger partial charge in [-0.1, -0.05) is 0 Å². The van der Waals surface area contributed by atoms with Crippen LogP contribution in [0.3, 0.4) is 0 Å². The van der Waals surface area contributed by atoms with Gasteiger partial charge in [-0.15, -0.1) is 0 Å². The van der Waals surface area contributed by atoms with E-state index in [1.807, 2.05) is 5.43 Å². The van der Waals surface area contributed by atoms with Gasteiger partial charge in [0.05, 0.1) is 7.11 Å². The molecule has 0 radical (unpaired) electrons. The second-order valence-electron chi connectivity index (χ2n) is 3.03. The predicted molar refractivity (Wildman–Crippen MR) is 55.3 cm³/mol. The van der Waals surface area contributed by atoms with Crippen LogP contribution in [-0.4, -0.2) is 29.6 Å². The smallest absolute Gasteiger partial charge is 0.433 e. The highest BCUT2D eigenvalue weighted by molar-refractivity contribution is 5.74. The molecule has 1 aromatic rings. The van der Waals surface area contributed by atoms with Crippen LogP contribution in [0.15, 0.2) is 6.07 Å². The minimum atomic E-state index is -4.64. The van der Waals surface area contributed by atoms with Gasteiger partial charge >= 0.3 is 12.1 Å². The fourth-order valence-corrected chi connectivity index (χ4v) is 0.982. The van der Waals surface area contributed by atoms with E-state index in [1.165, 1.54) is 0 Å². The summed E-state index contributed by atoms with van der Waals surface area (Å²) < 4.78 is 41.7. The van der Waals surface area contributed by atoms with Gasteiger partial charge in [-0.25, -0.2) is 10.8 Å². The topological polar surface area (TPSA) is 102 Å². The zero-order valence-electron chi connectivity index (χ0n) is 9.21. The van der Waals surface area contributed by atoms with Crippen LogP contribution in [0.25, 0.3) is 0 Å². The quantitative estimate of drug-likeness (QED) is 0.410. The number of halogens is 3. The molecule has 100 valence electrons. The number of nitrogens with one attached hydrogen (secondary N) is 2. The van der Waals surface area contributed by atoms with Crippen LogP contribution in [0.5, 0.6) is 0 Å². The molecule has 1 aromatic heterocycles. The summed E-state index contributed by atoms with van der Waals surface area (Å²) in [5, 5.41) is 2.36. The fraction of sp³-hybridized carbons (Fsp3) is 0.375. The van der Waals surface area contributed by atoms with E-state index in [0.717, 1.165) is 7.11 Å². The normalized spacial score (nSPS) is 10.9. The second kappa shape index (κ2) is 5.49. The van der Waals surface area contributed by atoms with Crippen molar-refractivity contribution >= 4 is 17.7 Å². The summed E-state index contributed by atoms with van der Waals surface area (Å²) in [7, 11) is 1.15. The number of nitrogens with two attached hydrogens (primary N) is 1. The summed E-state index contributed by atoms with van der Waals surface area (Å²) in [6.07, 6.45) is -4.64. The number of carbonyl (C=O) groups is 1. The number of aromatic nitrogens is 2. The van der Waals surface area contributed by atoms with Crippen molar-refractivity contribution in [1.29, 1.82) is 0 Å². The maximum absolute atomic E-state index is 12.5. The monoisotopic (exact) mass is 265 g/mol. The minimum Gasteiger partial charge on any atom is -0.468 e. The molecule has 0 aliphatic heterocycles. The Morgan fingerprint density at radius 3 is 2.67 bits per heavy atom. The van der Waals surface area contributed by atoms with Crippen molar-refractivity contribution in [3.8, 4) is 0 Å². The van der Waals surface area contributed by atoms with Crippen LogP contribution in [-0.2, 0) is 15.7 Å². The molecule has 0 fully saturated rings. The zero-order chi connectivity index (χ0) is 13.8. The lowest BCUT2D eigenvalue weighted by Gasteiger charge is -2.10. The molecule has 4 N–H and O–H groups in total. The van der Waals surface area contributed by atoms with Crippen LogP contribution in [0.4, 0.5) is 24.9 Å². The highest BCUT2D eigenvalue weighted by Crippen LogP contribution is 2.29. The predicted octanol–water partition coefficient (Wildman–Crippen LogP) is 0.366. The summed E-state index contributed by atoms with van der Waals surface area (Å²) in [4.78, 5) is 17.6. The molecule has 0 atom stereocenters. The molecule has 1 heterocycles. The Morgan fingerprint density at radius 1 is 1.50 bits per heavy atom. The van der Waals surface area contributed by atoms with E-state index in [9.17, 15) is 18.0 Å². The minimum absolute atomic E-state index is 0.198. The van der Waals surface area contributed by atoms with Crippen molar-refractivity contribution in [2.75, 3.05) is 24.4 Å². The van der Waals surface area contributed by atoms with Crippen LogP contribution in [0.2, 0.25) is 0 Å². The lowest BCUT2D eigenvalue weighted by molar-refractivity contribution is -0.141. The molecule has 0 aromatic carbocycles. The van der Waals surface area contributed by atoms with Crippen molar-refractivity contribution in [2.24, 2.45) is 5.84 Å². The zero-order valence-corrected chi connectivity index (χ0v) is 9.21. The first-order valence-electron chi connectivity index (χ1n) is 4.60. The van der Waals surface area contributed by atoms with Crippen LogP contribution in [0.1, 0.15) is 5.69 Å². The maximum Gasteiger partial charge on any atom is 0.433 e. The Balaban J connectivity index is 2.94. The molecule has 0 aliphatic rings. The van der Waals surface area contributed by atoms with Crippen LogP contribution in [0, 0.1) is 0 Å². The molecule has 0 bridgehead atoms. The van der Waals surface area contributed by atoms with Gasteiger partial charge in [0, 0.05) is 6.07 Å². The number of alkyl halides is 3. The third-order valence-corrected chi connectivity index (χ3v) is 1.79. The van der Waals surface area contributed by atoms with Crippen LogP contribution < -0.4 is 16.6 Å².